The van der Waals surface area contributed by atoms with Crippen molar-refractivity contribution in [3.63, 3.8) is 0 Å². The van der Waals surface area contributed by atoms with Crippen LogP contribution in [0.3, 0.4) is 0 Å². The van der Waals surface area contributed by atoms with Gasteiger partial charge in [0.05, 0.1) is 0 Å². The van der Waals surface area contributed by atoms with E-state index >= 15 is 0 Å². The Hall–Kier alpha value is -1.22. The van der Waals surface area contributed by atoms with E-state index in [-0.39, 0.29) is 0 Å². The molecule has 1 N–H and O–H groups in total. The number of nitrogens with zero attached hydrogens (tertiary/aromatic N) is 1. The maximum atomic E-state index is 5.90. The minimum Gasteiger partial charge on any atom is -0.434 e. The van der Waals surface area contributed by atoms with Gasteiger partial charge in [-0.2, -0.15) is 0 Å². The lowest BCUT2D eigenvalue weighted by atomic mass is 10.1. The average molecular weight is 211 g/mol. The van der Waals surface area contributed by atoms with Crippen LogP contribution in [-0.4, -0.2) is 11.1 Å². The molecule has 0 saturated heterocycles. The fourth-order valence-electron chi connectivity index (χ4n) is 1.28. The van der Waals surface area contributed by atoms with Gasteiger partial charge in [-0.15, -0.1) is 5.10 Å². The Morgan fingerprint density at radius 2 is 2.29 bits per heavy atom. The lowest BCUT2D eigenvalue weighted by Crippen LogP contribution is -2.30. The van der Waals surface area contributed by atoms with Gasteiger partial charge in [0.2, 0.25) is 5.90 Å². The summed E-state index contributed by atoms with van der Waals surface area (Å²) in [5, 5.41) is 3.09. The van der Waals surface area contributed by atoms with Crippen LogP contribution >= 0.6 is 11.6 Å². The average Bonchev–Trinajstić information content (AvgIpc) is 2.46. The predicted octanol–water partition coefficient (Wildman–Crippen LogP) is 2.19. The van der Waals surface area contributed by atoms with Crippen LogP contribution in [0.5, 0.6) is 0 Å². The second-order valence-corrected chi connectivity index (χ2v) is 4.14. The van der Waals surface area contributed by atoms with Gasteiger partial charge in [-0.3, -0.25) is 5.43 Å². The summed E-state index contributed by atoms with van der Waals surface area (Å²) in [6, 6.07) is 7.91. The Morgan fingerprint density at radius 3 is 2.86 bits per heavy atom. The summed E-state index contributed by atoms with van der Waals surface area (Å²) in [6.45, 7) is 3.73. The van der Waals surface area contributed by atoms with E-state index in [1.807, 2.05) is 31.2 Å². The molecule has 1 heterocycles. The number of hydrazone groups is 1. The molecule has 1 aromatic rings. The molecule has 2 rings (SSSR count). The van der Waals surface area contributed by atoms with Gasteiger partial charge >= 0.3 is 0 Å². The number of rotatable bonds is 1. The van der Waals surface area contributed by atoms with Crippen LogP contribution < -0.4 is 5.43 Å². The van der Waals surface area contributed by atoms with Crippen molar-refractivity contribution in [3.8, 4) is 0 Å². The van der Waals surface area contributed by atoms with Gasteiger partial charge in [-0.05, 0) is 30.7 Å². The van der Waals surface area contributed by atoms with Crippen LogP contribution in [0.25, 0.3) is 0 Å². The first kappa shape index (κ1) is 9.34. The summed E-state index contributed by atoms with van der Waals surface area (Å²) in [6.07, 6.45) is 0. The standard InChI is InChI=1S/C10H11ClN2O/c1-7-4-3-5-8(6-7)9-12-13-10(2,11)14-9/h3-6,13H,1-2H3. The number of ether oxygens (including phenoxy) is 1. The molecule has 0 saturated carbocycles. The zero-order valence-corrected chi connectivity index (χ0v) is 8.80. The molecular weight excluding hydrogens is 200 g/mol. The molecular formula is C10H11ClN2O. The number of halogens is 1. The molecule has 1 atom stereocenters. The van der Waals surface area contributed by atoms with E-state index < -0.39 is 5.18 Å². The third kappa shape index (κ3) is 1.82. The lowest BCUT2D eigenvalue weighted by Gasteiger charge is -2.14. The molecule has 1 aliphatic heterocycles. The first-order valence-electron chi connectivity index (χ1n) is 4.37. The number of hydrogen-bond acceptors (Lipinski definition) is 3. The molecule has 1 aromatic carbocycles. The molecule has 14 heavy (non-hydrogen) atoms. The second kappa shape index (κ2) is 3.17. The lowest BCUT2D eigenvalue weighted by molar-refractivity contribution is 0.162. The third-order valence-electron chi connectivity index (χ3n) is 1.91. The highest BCUT2D eigenvalue weighted by Gasteiger charge is 2.30. The first-order chi connectivity index (χ1) is 6.57. The predicted molar refractivity (Wildman–Crippen MR) is 56.2 cm³/mol. The van der Waals surface area contributed by atoms with E-state index in [0.717, 1.165) is 11.1 Å². The molecule has 0 radical (unpaired) electrons. The molecule has 0 amide bonds. The molecule has 3 nitrogen and oxygen atoms in total. The summed E-state index contributed by atoms with van der Waals surface area (Å²) in [5.41, 5.74) is 4.79. The molecule has 1 unspecified atom stereocenters. The third-order valence-corrected chi connectivity index (χ3v) is 2.07. The Bertz CT molecular complexity index is 387. The number of benzene rings is 1. The zero-order valence-electron chi connectivity index (χ0n) is 8.04. The van der Waals surface area contributed by atoms with Gasteiger partial charge in [0, 0.05) is 12.5 Å². The van der Waals surface area contributed by atoms with Gasteiger partial charge in [0.25, 0.3) is 5.18 Å². The molecule has 0 aliphatic carbocycles. The van der Waals surface area contributed by atoms with E-state index in [1.54, 1.807) is 6.92 Å². The zero-order chi connectivity index (χ0) is 10.2. The smallest absolute Gasteiger partial charge is 0.271 e. The molecule has 74 valence electrons. The fraction of sp³-hybridized carbons (Fsp3) is 0.300. The van der Waals surface area contributed by atoms with E-state index in [2.05, 4.69) is 10.5 Å². The molecule has 0 fully saturated rings. The van der Waals surface area contributed by atoms with Crippen LogP contribution in [-0.2, 0) is 4.74 Å². The first-order valence-corrected chi connectivity index (χ1v) is 4.74. The van der Waals surface area contributed by atoms with Crippen LogP contribution in [0.1, 0.15) is 18.1 Å². The van der Waals surface area contributed by atoms with Crippen LogP contribution in [0.2, 0.25) is 0 Å². The molecule has 0 spiro atoms. The number of aryl methyl sites for hydroxylation is 1. The highest BCUT2D eigenvalue weighted by molar-refractivity contribution is 6.23. The monoisotopic (exact) mass is 210 g/mol. The Morgan fingerprint density at radius 1 is 1.50 bits per heavy atom. The SMILES string of the molecule is Cc1cccc(C2=NNC(C)(Cl)O2)c1. The van der Waals surface area contributed by atoms with Gasteiger partial charge in [0.15, 0.2) is 0 Å². The summed E-state index contributed by atoms with van der Waals surface area (Å²) < 4.78 is 5.39. The molecule has 0 aromatic heterocycles. The Labute approximate surface area is 87.7 Å². The van der Waals surface area contributed by atoms with Gasteiger partial charge in [-0.1, -0.05) is 17.7 Å². The van der Waals surface area contributed by atoms with E-state index in [1.165, 1.54) is 0 Å². The van der Waals surface area contributed by atoms with Gasteiger partial charge < -0.3 is 4.74 Å². The maximum Gasteiger partial charge on any atom is 0.271 e. The van der Waals surface area contributed by atoms with Crippen molar-refractivity contribution < 1.29 is 4.74 Å². The highest BCUT2D eigenvalue weighted by atomic mass is 35.5. The largest absolute Gasteiger partial charge is 0.434 e. The van der Waals surface area contributed by atoms with Crippen molar-refractivity contribution in [1.29, 1.82) is 0 Å². The number of hydrogen-bond donors (Lipinski definition) is 1. The topological polar surface area (TPSA) is 33.6 Å². The quantitative estimate of drug-likeness (QED) is 0.570. The molecule has 1 aliphatic rings. The van der Waals surface area contributed by atoms with Crippen LogP contribution in [0.4, 0.5) is 0 Å². The van der Waals surface area contributed by atoms with Crippen molar-refractivity contribution in [2.75, 3.05) is 0 Å². The van der Waals surface area contributed by atoms with E-state index in [4.69, 9.17) is 16.3 Å². The van der Waals surface area contributed by atoms with Gasteiger partial charge in [0.1, 0.15) is 0 Å². The molecule has 4 heteroatoms. The normalized spacial score (nSPS) is 25.2. The maximum absolute atomic E-state index is 5.90. The molecule has 0 bridgehead atoms. The summed E-state index contributed by atoms with van der Waals surface area (Å²) in [5.74, 6) is 0.534. The van der Waals surface area contributed by atoms with Crippen LogP contribution in [0, 0.1) is 6.92 Å². The summed E-state index contributed by atoms with van der Waals surface area (Å²) in [7, 11) is 0. The summed E-state index contributed by atoms with van der Waals surface area (Å²) >= 11 is 5.90. The second-order valence-electron chi connectivity index (χ2n) is 3.42. The van der Waals surface area contributed by atoms with Crippen molar-refractivity contribution >= 4 is 17.5 Å². The number of alkyl halides is 1. The minimum atomic E-state index is -0.918. The number of nitrogens with one attached hydrogen (secondary N) is 1. The highest BCUT2D eigenvalue weighted by Crippen LogP contribution is 2.21. The Balaban J connectivity index is 2.26. The van der Waals surface area contributed by atoms with Crippen molar-refractivity contribution in [1.82, 2.24) is 5.43 Å². The van der Waals surface area contributed by atoms with Crippen molar-refractivity contribution in [2.45, 2.75) is 19.0 Å². The van der Waals surface area contributed by atoms with E-state index in [9.17, 15) is 0 Å². The Kier molecular flexibility index (Phi) is 2.11. The minimum absolute atomic E-state index is 0.534. The van der Waals surface area contributed by atoms with Crippen molar-refractivity contribution in [2.24, 2.45) is 5.10 Å². The van der Waals surface area contributed by atoms with Crippen molar-refractivity contribution in [3.05, 3.63) is 35.4 Å². The van der Waals surface area contributed by atoms with E-state index in [0.29, 0.717) is 5.90 Å². The van der Waals surface area contributed by atoms with Gasteiger partial charge in [-0.25, -0.2) is 0 Å². The fourth-order valence-corrected chi connectivity index (χ4v) is 1.39. The van der Waals surface area contributed by atoms with Crippen LogP contribution in [0.15, 0.2) is 29.4 Å². The summed E-state index contributed by atoms with van der Waals surface area (Å²) in [4.78, 5) is 0.